The Morgan fingerprint density at radius 2 is 1.59 bits per heavy atom. The Morgan fingerprint density at radius 1 is 0.909 bits per heavy atom. The molecule has 0 unspecified atom stereocenters. The number of methoxy groups -OCH3 is 2. The zero-order valence-corrected chi connectivity index (χ0v) is 13.2. The van der Waals surface area contributed by atoms with Gasteiger partial charge in [0.25, 0.3) is 0 Å². The fourth-order valence-electron chi connectivity index (χ4n) is 2.17. The first-order valence-electron chi connectivity index (χ1n) is 6.81. The van der Waals surface area contributed by atoms with Crippen LogP contribution in [-0.2, 0) is 0 Å². The van der Waals surface area contributed by atoms with Gasteiger partial charge in [0, 0.05) is 10.9 Å². The number of thiazole rings is 1. The molecule has 1 N–H and O–H groups in total. The molecular weight excluding hydrogens is 296 g/mol. The van der Waals surface area contributed by atoms with Gasteiger partial charge in [-0.1, -0.05) is 24.3 Å². The lowest BCUT2D eigenvalue weighted by Gasteiger charge is -2.08. The van der Waals surface area contributed by atoms with E-state index in [1.54, 1.807) is 25.6 Å². The van der Waals surface area contributed by atoms with E-state index < -0.39 is 0 Å². The molecule has 2 aromatic carbocycles. The van der Waals surface area contributed by atoms with Crippen LogP contribution in [0.15, 0.2) is 53.9 Å². The third kappa shape index (κ3) is 2.89. The maximum atomic E-state index is 5.39. The van der Waals surface area contributed by atoms with E-state index in [4.69, 9.17) is 9.47 Å². The SMILES string of the molecule is COc1ccccc1Nc1nc(-c2ccccc2OC)cs1. The summed E-state index contributed by atoms with van der Waals surface area (Å²) in [4.78, 5) is 4.63. The smallest absolute Gasteiger partial charge is 0.187 e. The number of aromatic nitrogens is 1. The van der Waals surface area contributed by atoms with Crippen molar-refractivity contribution in [3.05, 3.63) is 53.9 Å². The quantitative estimate of drug-likeness (QED) is 0.749. The highest BCUT2D eigenvalue weighted by Crippen LogP contribution is 2.34. The molecule has 3 aromatic rings. The molecule has 0 aliphatic carbocycles. The molecule has 1 aromatic heterocycles. The lowest BCUT2D eigenvalue weighted by Crippen LogP contribution is -1.94. The van der Waals surface area contributed by atoms with Gasteiger partial charge in [-0.25, -0.2) is 4.98 Å². The summed E-state index contributed by atoms with van der Waals surface area (Å²) in [5.74, 6) is 1.60. The first-order chi connectivity index (χ1) is 10.8. The van der Waals surface area contributed by atoms with Crippen LogP contribution in [0.2, 0.25) is 0 Å². The van der Waals surface area contributed by atoms with Gasteiger partial charge < -0.3 is 14.8 Å². The van der Waals surface area contributed by atoms with Gasteiger partial charge in [-0.3, -0.25) is 0 Å². The molecule has 0 saturated carbocycles. The van der Waals surface area contributed by atoms with Crippen molar-refractivity contribution in [2.24, 2.45) is 0 Å². The molecule has 4 nitrogen and oxygen atoms in total. The van der Waals surface area contributed by atoms with Gasteiger partial charge in [0.1, 0.15) is 11.5 Å². The standard InChI is InChI=1S/C17H16N2O2S/c1-20-15-9-5-3-7-12(15)14-11-22-17(19-14)18-13-8-4-6-10-16(13)21-2/h3-11H,1-2H3,(H,18,19). The Labute approximate surface area is 133 Å². The van der Waals surface area contributed by atoms with Gasteiger partial charge in [-0.05, 0) is 24.3 Å². The summed E-state index contributed by atoms with van der Waals surface area (Å²) in [6, 6.07) is 15.6. The van der Waals surface area contributed by atoms with E-state index in [9.17, 15) is 0 Å². The van der Waals surface area contributed by atoms with E-state index in [0.29, 0.717) is 0 Å². The highest BCUT2D eigenvalue weighted by molar-refractivity contribution is 7.14. The molecule has 0 fully saturated rings. The van der Waals surface area contributed by atoms with Crippen molar-refractivity contribution in [3.63, 3.8) is 0 Å². The molecule has 0 spiro atoms. The minimum Gasteiger partial charge on any atom is -0.496 e. The summed E-state index contributed by atoms with van der Waals surface area (Å²) in [5.41, 5.74) is 2.76. The van der Waals surface area contributed by atoms with Crippen molar-refractivity contribution in [3.8, 4) is 22.8 Å². The maximum absolute atomic E-state index is 5.39. The van der Waals surface area contributed by atoms with E-state index >= 15 is 0 Å². The van der Waals surface area contributed by atoms with Crippen molar-refractivity contribution >= 4 is 22.2 Å². The predicted molar refractivity (Wildman–Crippen MR) is 90.4 cm³/mol. The van der Waals surface area contributed by atoms with Crippen LogP contribution >= 0.6 is 11.3 Å². The fraction of sp³-hybridized carbons (Fsp3) is 0.118. The average molecular weight is 312 g/mol. The minimum absolute atomic E-state index is 0.788. The van der Waals surface area contributed by atoms with Gasteiger partial charge in [0.05, 0.1) is 25.6 Å². The van der Waals surface area contributed by atoms with Crippen molar-refractivity contribution in [1.29, 1.82) is 0 Å². The molecule has 3 rings (SSSR count). The molecule has 112 valence electrons. The molecular formula is C17H16N2O2S. The largest absolute Gasteiger partial charge is 0.496 e. The first kappa shape index (κ1) is 14.4. The van der Waals surface area contributed by atoms with Gasteiger partial charge in [0.2, 0.25) is 0 Å². The Hall–Kier alpha value is -2.53. The number of nitrogens with one attached hydrogen (secondary N) is 1. The maximum Gasteiger partial charge on any atom is 0.187 e. The van der Waals surface area contributed by atoms with Gasteiger partial charge in [-0.15, -0.1) is 11.3 Å². The Kier molecular flexibility index (Phi) is 4.25. The van der Waals surface area contributed by atoms with E-state index in [2.05, 4.69) is 10.3 Å². The summed E-state index contributed by atoms with van der Waals surface area (Å²) in [6.07, 6.45) is 0. The van der Waals surface area contributed by atoms with Crippen LogP contribution in [0.1, 0.15) is 0 Å². The second-order valence-corrected chi connectivity index (χ2v) is 5.42. The van der Waals surface area contributed by atoms with Crippen LogP contribution in [0, 0.1) is 0 Å². The second kappa shape index (κ2) is 6.49. The Balaban J connectivity index is 1.88. The molecule has 0 aliphatic heterocycles. The lowest BCUT2D eigenvalue weighted by molar-refractivity contribution is 0.416. The summed E-state index contributed by atoms with van der Waals surface area (Å²) < 4.78 is 10.7. The highest BCUT2D eigenvalue weighted by Gasteiger charge is 2.10. The van der Waals surface area contributed by atoms with Crippen molar-refractivity contribution in [2.75, 3.05) is 19.5 Å². The van der Waals surface area contributed by atoms with Gasteiger partial charge in [0.15, 0.2) is 5.13 Å². The third-order valence-electron chi connectivity index (χ3n) is 3.24. The number of benzene rings is 2. The molecule has 0 bridgehead atoms. The highest BCUT2D eigenvalue weighted by atomic mass is 32.1. The number of rotatable bonds is 5. The van der Waals surface area contributed by atoms with E-state index in [1.807, 2.05) is 53.9 Å². The number of ether oxygens (including phenoxy) is 2. The molecule has 0 amide bonds. The third-order valence-corrected chi connectivity index (χ3v) is 3.99. The lowest BCUT2D eigenvalue weighted by atomic mass is 10.1. The molecule has 0 radical (unpaired) electrons. The van der Waals surface area contributed by atoms with Crippen LogP contribution in [0.25, 0.3) is 11.3 Å². The van der Waals surface area contributed by atoms with Crippen molar-refractivity contribution < 1.29 is 9.47 Å². The number of hydrogen-bond acceptors (Lipinski definition) is 5. The summed E-state index contributed by atoms with van der Waals surface area (Å²) in [7, 11) is 3.32. The second-order valence-electron chi connectivity index (χ2n) is 4.56. The van der Waals surface area contributed by atoms with Crippen LogP contribution in [0.3, 0.4) is 0 Å². The number of hydrogen-bond donors (Lipinski definition) is 1. The monoisotopic (exact) mass is 312 g/mol. The minimum atomic E-state index is 0.788. The molecule has 0 aliphatic rings. The summed E-state index contributed by atoms with van der Waals surface area (Å²) >= 11 is 1.54. The summed E-state index contributed by atoms with van der Waals surface area (Å²) in [5, 5.41) is 6.11. The molecule has 0 atom stereocenters. The molecule has 22 heavy (non-hydrogen) atoms. The molecule has 0 saturated heterocycles. The molecule has 1 heterocycles. The topological polar surface area (TPSA) is 43.4 Å². The normalized spacial score (nSPS) is 10.3. The van der Waals surface area contributed by atoms with Gasteiger partial charge in [-0.2, -0.15) is 0 Å². The van der Waals surface area contributed by atoms with Gasteiger partial charge >= 0.3 is 0 Å². The number of anilines is 2. The fourth-order valence-corrected chi connectivity index (χ4v) is 2.90. The first-order valence-corrected chi connectivity index (χ1v) is 7.68. The van der Waals surface area contributed by atoms with Crippen molar-refractivity contribution in [1.82, 2.24) is 4.98 Å². The van der Waals surface area contributed by atoms with Crippen LogP contribution in [0.5, 0.6) is 11.5 Å². The Bertz CT molecular complexity index is 771. The number of para-hydroxylation sites is 3. The van der Waals surface area contributed by atoms with Crippen LogP contribution < -0.4 is 14.8 Å². The average Bonchev–Trinajstić information content (AvgIpc) is 3.03. The zero-order valence-electron chi connectivity index (χ0n) is 12.4. The van der Waals surface area contributed by atoms with Crippen LogP contribution in [-0.4, -0.2) is 19.2 Å². The van der Waals surface area contributed by atoms with E-state index in [-0.39, 0.29) is 0 Å². The van der Waals surface area contributed by atoms with Crippen molar-refractivity contribution in [2.45, 2.75) is 0 Å². The molecule has 5 heteroatoms. The number of nitrogens with zero attached hydrogens (tertiary/aromatic N) is 1. The summed E-state index contributed by atoms with van der Waals surface area (Å²) in [6.45, 7) is 0. The van der Waals surface area contributed by atoms with Crippen LogP contribution in [0.4, 0.5) is 10.8 Å². The predicted octanol–water partition coefficient (Wildman–Crippen LogP) is 4.57. The van der Waals surface area contributed by atoms with E-state index in [0.717, 1.165) is 33.6 Å². The Morgan fingerprint density at radius 3 is 2.36 bits per heavy atom. The van der Waals surface area contributed by atoms with E-state index in [1.165, 1.54) is 0 Å². The zero-order chi connectivity index (χ0) is 15.4.